The van der Waals surface area contributed by atoms with Crippen molar-refractivity contribution in [2.75, 3.05) is 13.1 Å². The third-order valence-corrected chi connectivity index (χ3v) is 2.15. The van der Waals surface area contributed by atoms with E-state index in [-0.39, 0.29) is 0 Å². The van der Waals surface area contributed by atoms with Gasteiger partial charge < -0.3 is 15.0 Å². The summed E-state index contributed by atoms with van der Waals surface area (Å²) in [6, 6.07) is 3.92. The number of H-pyrrole nitrogens is 1. The summed E-state index contributed by atoms with van der Waals surface area (Å²) in [5, 5.41) is 3.30. The van der Waals surface area contributed by atoms with Crippen molar-refractivity contribution in [3.05, 3.63) is 18.3 Å². The van der Waals surface area contributed by atoms with Gasteiger partial charge in [0.2, 0.25) is 0 Å². The number of aromatic nitrogens is 1. The van der Waals surface area contributed by atoms with Crippen LogP contribution in [0, 0.1) is 0 Å². The fourth-order valence-electron chi connectivity index (χ4n) is 1.48. The first-order valence-electron chi connectivity index (χ1n) is 4.46. The van der Waals surface area contributed by atoms with Crippen molar-refractivity contribution >= 4 is 0 Å². The number of hydrogen-bond donors (Lipinski definition) is 2. The number of rotatable bonds is 2. The van der Waals surface area contributed by atoms with Crippen LogP contribution in [0.25, 0.3) is 0 Å². The van der Waals surface area contributed by atoms with Gasteiger partial charge in [-0.2, -0.15) is 0 Å². The number of nitrogens with one attached hydrogen (secondary N) is 2. The molecular weight excluding hydrogens is 152 g/mol. The lowest BCUT2D eigenvalue weighted by Crippen LogP contribution is -2.34. The van der Waals surface area contributed by atoms with Gasteiger partial charge in [-0.25, -0.2) is 0 Å². The van der Waals surface area contributed by atoms with Crippen LogP contribution < -0.4 is 10.1 Å². The summed E-state index contributed by atoms with van der Waals surface area (Å²) in [7, 11) is 0. The second-order valence-corrected chi connectivity index (χ2v) is 3.10. The van der Waals surface area contributed by atoms with Gasteiger partial charge in [0.15, 0.2) is 5.88 Å². The van der Waals surface area contributed by atoms with Crippen LogP contribution in [0.1, 0.15) is 12.8 Å². The molecule has 3 nitrogen and oxygen atoms in total. The number of ether oxygens (including phenoxy) is 1. The fraction of sp³-hybridized carbons (Fsp3) is 0.556. The maximum Gasteiger partial charge on any atom is 0.190 e. The van der Waals surface area contributed by atoms with Crippen molar-refractivity contribution in [1.82, 2.24) is 10.3 Å². The van der Waals surface area contributed by atoms with Gasteiger partial charge in [-0.15, -0.1) is 0 Å². The van der Waals surface area contributed by atoms with Crippen LogP contribution >= 0.6 is 0 Å². The summed E-state index contributed by atoms with van der Waals surface area (Å²) < 4.78 is 5.70. The Balaban J connectivity index is 1.86. The van der Waals surface area contributed by atoms with Gasteiger partial charge in [-0.1, -0.05) is 0 Å². The minimum atomic E-state index is 0.393. The topological polar surface area (TPSA) is 37.0 Å². The molecule has 0 amide bonds. The van der Waals surface area contributed by atoms with Crippen LogP contribution in [0.15, 0.2) is 18.3 Å². The van der Waals surface area contributed by atoms with E-state index in [1.54, 1.807) is 0 Å². The molecule has 1 aliphatic rings. The molecule has 3 heteroatoms. The molecule has 2 rings (SSSR count). The summed E-state index contributed by atoms with van der Waals surface area (Å²) in [5.41, 5.74) is 0. The smallest absolute Gasteiger partial charge is 0.190 e. The predicted octanol–water partition coefficient (Wildman–Crippen LogP) is 1.15. The Morgan fingerprint density at radius 3 is 2.83 bits per heavy atom. The Hall–Kier alpha value is -0.960. The van der Waals surface area contributed by atoms with E-state index in [1.807, 2.05) is 18.3 Å². The predicted molar refractivity (Wildman–Crippen MR) is 47.3 cm³/mol. The first-order chi connectivity index (χ1) is 5.95. The molecule has 1 aliphatic heterocycles. The molecule has 1 aromatic heterocycles. The van der Waals surface area contributed by atoms with Crippen molar-refractivity contribution < 1.29 is 4.74 Å². The molecule has 0 atom stereocenters. The Kier molecular flexibility index (Phi) is 2.32. The first-order valence-corrected chi connectivity index (χ1v) is 4.46. The normalized spacial score (nSPS) is 19.3. The lowest BCUT2D eigenvalue weighted by Gasteiger charge is -2.22. The highest BCUT2D eigenvalue weighted by molar-refractivity contribution is 5.10. The minimum absolute atomic E-state index is 0.393. The largest absolute Gasteiger partial charge is 0.476 e. The van der Waals surface area contributed by atoms with E-state index < -0.39 is 0 Å². The highest BCUT2D eigenvalue weighted by Crippen LogP contribution is 2.13. The van der Waals surface area contributed by atoms with Crippen LogP contribution in [0.4, 0.5) is 0 Å². The van der Waals surface area contributed by atoms with Gasteiger partial charge in [-0.05, 0) is 38.1 Å². The molecule has 66 valence electrons. The SMILES string of the molecule is c1c[nH]c(OC2CCNCC2)c1. The van der Waals surface area contributed by atoms with Crippen LogP contribution in [-0.4, -0.2) is 24.2 Å². The molecule has 2 N–H and O–H groups in total. The van der Waals surface area contributed by atoms with Crippen molar-refractivity contribution in [2.45, 2.75) is 18.9 Å². The number of aromatic amines is 1. The zero-order valence-corrected chi connectivity index (χ0v) is 7.05. The maximum absolute atomic E-state index is 5.70. The van der Waals surface area contributed by atoms with E-state index in [1.165, 1.54) is 0 Å². The van der Waals surface area contributed by atoms with Gasteiger partial charge in [0.05, 0.1) is 0 Å². The molecule has 1 fully saturated rings. The molecule has 0 bridgehead atoms. The van der Waals surface area contributed by atoms with Crippen LogP contribution in [0.3, 0.4) is 0 Å². The zero-order valence-electron chi connectivity index (χ0n) is 7.05. The van der Waals surface area contributed by atoms with E-state index >= 15 is 0 Å². The van der Waals surface area contributed by atoms with Crippen molar-refractivity contribution in [1.29, 1.82) is 0 Å². The Labute approximate surface area is 72.1 Å². The van der Waals surface area contributed by atoms with E-state index in [9.17, 15) is 0 Å². The van der Waals surface area contributed by atoms with Gasteiger partial charge in [0.1, 0.15) is 6.10 Å². The molecule has 0 spiro atoms. The van der Waals surface area contributed by atoms with E-state index in [4.69, 9.17) is 4.74 Å². The average Bonchev–Trinajstić information content (AvgIpc) is 2.59. The van der Waals surface area contributed by atoms with Gasteiger partial charge in [0, 0.05) is 6.20 Å². The standard InChI is InChI=1S/C9H14N2O/c1-2-9(11-5-1)12-8-3-6-10-7-4-8/h1-2,5,8,10-11H,3-4,6-7H2. The van der Waals surface area contributed by atoms with Crippen LogP contribution in [0.2, 0.25) is 0 Å². The molecule has 0 aromatic carbocycles. The van der Waals surface area contributed by atoms with Crippen LogP contribution in [0.5, 0.6) is 5.88 Å². The van der Waals surface area contributed by atoms with Gasteiger partial charge in [0.25, 0.3) is 0 Å². The summed E-state index contributed by atoms with van der Waals surface area (Å²) in [6.07, 6.45) is 4.50. The Morgan fingerprint density at radius 2 is 2.17 bits per heavy atom. The van der Waals surface area contributed by atoms with Crippen molar-refractivity contribution in [3.8, 4) is 5.88 Å². The van der Waals surface area contributed by atoms with Gasteiger partial charge >= 0.3 is 0 Å². The lowest BCUT2D eigenvalue weighted by molar-refractivity contribution is 0.157. The minimum Gasteiger partial charge on any atom is -0.476 e. The highest BCUT2D eigenvalue weighted by Gasteiger charge is 2.14. The highest BCUT2D eigenvalue weighted by atomic mass is 16.5. The molecule has 12 heavy (non-hydrogen) atoms. The summed E-state index contributed by atoms with van der Waals surface area (Å²) in [4.78, 5) is 3.04. The Bertz CT molecular complexity index is 214. The Morgan fingerprint density at radius 1 is 1.33 bits per heavy atom. The quantitative estimate of drug-likeness (QED) is 0.691. The van der Waals surface area contributed by atoms with E-state index in [2.05, 4.69) is 10.3 Å². The summed E-state index contributed by atoms with van der Waals surface area (Å²) in [5.74, 6) is 0.891. The molecular formula is C9H14N2O. The average molecular weight is 166 g/mol. The molecule has 2 heterocycles. The lowest BCUT2D eigenvalue weighted by atomic mass is 10.1. The molecule has 1 aromatic rings. The molecule has 0 saturated carbocycles. The van der Waals surface area contributed by atoms with Crippen molar-refractivity contribution in [2.24, 2.45) is 0 Å². The van der Waals surface area contributed by atoms with Gasteiger partial charge in [-0.3, -0.25) is 0 Å². The van der Waals surface area contributed by atoms with E-state index in [0.29, 0.717) is 6.10 Å². The summed E-state index contributed by atoms with van der Waals surface area (Å²) in [6.45, 7) is 2.15. The zero-order chi connectivity index (χ0) is 8.23. The third-order valence-electron chi connectivity index (χ3n) is 2.15. The number of hydrogen-bond acceptors (Lipinski definition) is 2. The maximum atomic E-state index is 5.70. The molecule has 0 aliphatic carbocycles. The molecule has 0 unspecified atom stereocenters. The van der Waals surface area contributed by atoms with Crippen LogP contribution in [-0.2, 0) is 0 Å². The number of piperidine rings is 1. The first kappa shape index (κ1) is 7.68. The second-order valence-electron chi connectivity index (χ2n) is 3.10. The van der Waals surface area contributed by atoms with Crippen molar-refractivity contribution in [3.63, 3.8) is 0 Å². The third kappa shape index (κ3) is 1.80. The molecule has 0 radical (unpaired) electrons. The molecule has 1 saturated heterocycles. The fourth-order valence-corrected chi connectivity index (χ4v) is 1.48. The van der Waals surface area contributed by atoms with E-state index in [0.717, 1.165) is 31.8 Å². The summed E-state index contributed by atoms with van der Waals surface area (Å²) >= 11 is 0. The monoisotopic (exact) mass is 166 g/mol. The second kappa shape index (κ2) is 3.63.